The van der Waals surface area contributed by atoms with Crippen LogP contribution in [0.5, 0.6) is 0 Å². The van der Waals surface area contributed by atoms with Crippen LogP contribution in [-0.4, -0.2) is 69.2 Å². The first kappa shape index (κ1) is 31.3. The first-order chi connectivity index (χ1) is 20.9. The second kappa shape index (κ2) is 12.9. The van der Waals surface area contributed by atoms with Crippen molar-refractivity contribution in [3.05, 3.63) is 77.6 Å². The molecule has 232 valence electrons. The van der Waals surface area contributed by atoms with E-state index in [1.54, 1.807) is 45.3 Å². The van der Waals surface area contributed by atoms with E-state index < -0.39 is 23.7 Å². The molecule has 9 heteroatoms. The molecular weight excluding hydrogens is 556 g/mol. The molecule has 5 rings (SSSR count). The van der Waals surface area contributed by atoms with Crippen LogP contribution in [0.3, 0.4) is 0 Å². The van der Waals surface area contributed by atoms with E-state index in [-0.39, 0.29) is 42.6 Å². The van der Waals surface area contributed by atoms with E-state index >= 15 is 0 Å². The van der Waals surface area contributed by atoms with Crippen LogP contribution in [0.15, 0.2) is 60.9 Å². The number of nitrogens with zero attached hydrogens (tertiary/aromatic N) is 3. The molecule has 0 radical (unpaired) electrons. The van der Waals surface area contributed by atoms with Gasteiger partial charge in [-0.05, 0) is 86.9 Å². The van der Waals surface area contributed by atoms with E-state index in [1.165, 1.54) is 4.90 Å². The van der Waals surface area contributed by atoms with E-state index in [4.69, 9.17) is 4.74 Å². The Morgan fingerprint density at radius 2 is 1.66 bits per heavy atom. The highest BCUT2D eigenvalue weighted by Gasteiger charge is 2.39. The van der Waals surface area contributed by atoms with Gasteiger partial charge in [-0.1, -0.05) is 44.2 Å². The fraction of sp³-hybridized carbons (Fsp3) is 0.457. The van der Waals surface area contributed by atoms with E-state index in [2.05, 4.69) is 10.3 Å². The summed E-state index contributed by atoms with van der Waals surface area (Å²) < 4.78 is 5.76. The summed E-state index contributed by atoms with van der Waals surface area (Å²) in [4.78, 5) is 61.8. The molecule has 2 aliphatic heterocycles. The molecular formula is C35H42N4O5. The van der Waals surface area contributed by atoms with Crippen LogP contribution in [-0.2, 0) is 14.3 Å². The summed E-state index contributed by atoms with van der Waals surface area (Å²) in [5, 5.41) is 5.08. The molecule has 9 nitrogen and oxygen atoms in total. The zero-order valence-corrected chi connectivity index (χ0v) is 26.2. The summed E-state index contributed by atoms with van der Waals surface area (Å²) in [6, 6.07) is 13.3. The second-order valence-corrected chi connectivity index (χ2v) is 13.2. The van der Waals surface area contributed by atoms with Gasteiger partial charge >= 0.3 is 5.97 Å². The van der Waals surface area contributed by atoms with Gasteiger partial charge in [0, 0.05) is 25.5 Å². The standard InChI is InChI=1S/C35H42N4O5/c1-22(2)18-29(33(42)38-16-9-13-30(38)25-12-8-15-36-21-25)37-28(34(43)44-35(3,4)5)14-17-39-31(40)26-19-23-10-6-7-11-24(23)20-27(26)32(39)41/h6-8,10-12,15,19-22,28-30,37H,9,13-14,16-18H2,1-5H3/t28-,29+,30-/m1/s1. The Morgan fingerprint density at radius 3 is 2.23 bits per heavy atom. The van der Waals surface area contributed by atoms with Crippen LogP contribution in [0.2, 0.25) is 0 Å². The molecule has 1 N–H and O–H groups in total. The number of likely N-dealkylation sites (tertiary alicyclic amines) is 1. The zero-order valence-electron chi connectivity index (χ0n) is 26.2. The molecule has 3 amide bonds. The molecule has 2 aliphatic rings. The first-order valence-electron chi connectivity index (χ1n) is 15.5. The molecule has 3 aromatic rings. The van der Waals surface area contributed by atoms with Gasteiger partial charge in [-0.25, -0.2) is 0 Å². The van der Waals surface area contributed by atoms with Crippen molar-refractivity contribution in [2.45, 2.75) is 84.0 Å². The molecule has 0 bridgehead atoms. The van der Waals surface area contributed by atoms with Gasteiger partial charge < -0.3 is 9.64 Å². The molecule has 1 fully saturated rings. The fourth-order valence-corrected chi connectivity index (χ4v) is 6.19. The number of hydrogen-bond acceptors (Lipinski definition) is 7. The molecule has 44 heavy (non-hydrogen) atoms. The predicted octanol–water partition coefficient (Wildman–Crippen LogP) is 5.30. The third-order valence-electron chi connectivity index (χ3n) is 8.18. The Kier molecular flexibility index (Phi) is 9.15. The number of imide groups is 1. The molecule has 0 saturated carbocycles. The highest BCUT2D eigenvalue weighted by Crippen LogP contribution is 2.33. The number of esters is 1. The fourth-order valence-electron chi connectivity index (χ4n) is 6.19. The number of rotatable bonds is 10. The minimum Gasteiger partial charge on any atom is -0.459 e. The van der Waals surface area contributed by atoms with Crippen molar-refractivity contribution in [2.75, 3.05) is 13.1 Å². The lowest BCUT2D eigenvalue weighted by Gasteiger charge is -2.33. The molecule has 2 aromatic carbocycles. The van der Waals surface area contributed by atoms with Crippen LogP contribution in [0.25, 0.3) is 10.8 Å². The van der Waals surface area contributed by atoms with Crippen LogP contribution in [0.4, 0.5) is 0 Å². The Bertz CT molecular complexity index is 1490. The summed E-state index contributed by atoms with van der Waals surface area (Å²) >= 11 is 0. The average molecular weight is 599 g/mol. The van der Waals surface area contributed by atoms with E-state index in [0.717, 1.165) is 29.2 Å². The summed E-state index contributed by atoms with van der Waals surface area (Å²) in [5.74, 6) is -1.20. The Morgan fingerprint density at radius 1 is 1.00 bits per heavy atom. The van der Waals surface area contributed by atoms with Crippen LogP contribution in [0, 0.1) is 5.92 Å². The first-order valence-corrected chi connectivity index (χ1v) is 15.5. The Hall–Kier alpha value is -4.11. The molecule has 0 unspecified atom stereocenters. The smallest absolute Gasteiger partial charge is 0.323 e. The highest BCUT2D eigenvalue weighted by atomic mass is 16.6. The molecule has 1 saturated heterocycles. The van der Waals surface area contributed by atoms with E-state index in [9.17, 15) is 19.2 Å². The number of benzene rings is 2. The third kappa shape index (κ3) is 6.83. The maximum atomic E-state index is 14.1. The van der Waals surface area contributed by atoms with Crippen molar-refractivity contribution in [1.82, 2.24) is 20.1 Å². The number of pyridine rings is 1. The molecule has 3 atom stereocenters. The quantitative estimate of drug-likeness (QED) is 0.249. The topological polar surface area (TPSA) is 109 Å². The minimum atomic E-state index is -0.912. The van der Waals surface area contributed by atoms with Crippen LogP contribution in [0.1, 0.15) is 92.6 Å². The monoisotopic (exact) mass is 598 g/mol. The van der Waals surface area contributed by atoms with Crippen molar-refractivity contribution in [1.29, 1.82) is 0 Å². The van der Waals surface area contributed by atoms with Gasteiger partial charge in [-0.15, -0.1) is 0 Å². The van der Waals surface area contributed by atoms with Gasteiger partial charge in [0.05, 0.1) is 23.2 Å². The van der Waals surface area contributed by atoms with Crippen molar-refractivity contribution in [3.63, 3.8) is 0 Å². The van der Waals surface area contributed by atoms with Crippen molar-refractivity contribution >= 4 is 34.5 Å². The SMILES string of the molecule is CC(C)C[C@H](N[C@H](CCN1C(=O)c2cc3ccccc3cc2C1=O)C(=O)OC(C)(C)C)C(=O)N1CCC[C@@H]1c1cccnc1. The summed E-state index contributed by atoms with van der Waals surface area (Å²) in [6.07, 6.45) is 5.85. The van der Waals surface area contributed by atoms with Gasteiger partial charge in [-0.2, -0.15) is 0 Å². The number of amides is 3. The van der Waals surface area contributed by atoms with Crippen molar-refractivity contribution in [3.8, 4) is 0 Å². The predicted molar refractivity (Wildman–Crippen MR) is 168 cm³/mol. The molecule has 0 spiro atoms. The minimum absolute atomic E-state index is 0.00418. The maximum Gasteiger partial charge on any atom is 0.323 e. The van der Waals surface area contributed by atoms with E-state index in [0.29, 0.717) is 24.1 Å². The summed E-state index contributed by atoms with van der Waals surface area (Å²) in [7, 11) is 0. The Labute approximate surface area is 259 Å². The Balaban J connectivity index is 1.37. The number of aromatic nitrogens is 1. The van der Waals surface area contributed by atoms with Crippen LogP contribution < -0.4 is 5.32 Å². The van der Waals surface area contributed by atoms with Crippen LogP contribution >= 0.6 is 0 Å². The molecule has 1 aromatic heterocycles. The van der Waals surface area contributed by atoms with E-state index in [1.807, 2.05) is 55.1 Å². The number of carbonyl (C=O) groups is 4. The molecule has 0 aliphatic carbocycles. The van der Waals surface area contributed by atoms with Gasteiger partial charge in [0.15, 0.2) is 0 Å². The number of nitrogens with one attached hydrogen (secondary N) is 1. The van der Waals surface area contributed by atoms with Gasteiger partial charge in [0.2, 0.25) is 5.91 Å². The number of hydrogen-bond donors (Lipinski definition) is 1. The third-order valence-corrected chi connectivity index (χ3v) is 8.18. The summed E-state index contributed by atoms with van der Waals surface area (Å²) in [5.41, 5.74) is 0.950. The van der Waals surface area contributed by atoms with Gasteiger partial charge in [0.1, 0.15) is 11.6 Å². The summed E-state index contributed by atoms with van der Waals surface area (Å²) in [6.45, 7) is 10.1. The lowest BCUT2D eigenvalue weighted by Crippen LogP contribution is -2.54. The lowest BCUT2D eigenvalue weighted by atomic mass is 9.99. The second-order valence-electron chi connectivity index (χ2n) is 13.2. The highest BCUT2D eigenvalue weighted by molar-refractivity contribution is 6.23. The van der Waals surface area contributed by atoms with Crippen molar-refractivity contribution in [2.24, 2.45) is 5.92 Å². The average Bonchev–Trinajstić information content (AvgIpc) is 3.56. The number of carbonyl (C=O) groups excluding carboxylic acids is 4. The number of fused-ring (bicyclic) bond motifs is 2. The molecule has 3 heterocycles. The van der Waals surface area contributed by atoms with Gasteiger partial charge in [0.25, 0.3) is 11.8 Å². The number of ether oxygens (including phenoxy) is 1. The van der Waals surface area contributed by atoms with Gasteiger partial charge in [-0.3, -0.25) is 34.4 Å². The lowest BCUT2D eigenvalue weighted by molar-refractivity contribution is -0.158. The largest absolute Gasteiger partial charge is 0.459 e. The normalized spacial score (nSPS) is 18.2. The maximum absolute atomic E-state index is 14.1. The zero-order chi connectivity index (χ0) is 31.6. The van der Waals surface area contributed by atoms with Crippen molar-refractivity contribution < 1.29 is 23.9 Å².